The Morgan fingerprint density at radius 1 is 1.12 bits per heavy atom. The SMILES string of the molecule is COc1ccccc1-c1nnc(S[C@@H](C)C#N)n1CCc1ccccc1. The Morgan fingerprint density at radius 3 is 2.58 bits per heavy atom. The largest absolute Gasteiger partial charge is 0.496 e. The number of methoxy groups -OCH3 is 1. The lowest BCUT2D eigenvalue weighted by molar-refractivity contribution is 0.415. The van der Waals surface area contributed by atoms with Crippen LogP contribution in [-0.4, -0.2) is 27.1 Å². The van der Waals surface area contributed by atoms with Gasteiger partial charge >= 0.3 is 0 Å². The van der Waals surface area contributed by atoms with Crippen molar-refractivity contribution in [3.63, 3.8) is 0 Å². The standard InChI is InChI=1S/C20H20N4OS/c1-15(14-21)26-20-23-22-19(17-10-6-7-11-18(17)25-2)24(20)13-12-16-8-4-3-5-9-16/h3-11,15H,12-13H2,1-2H3/t15-/m0/s1. The summed E-state index contributed by atoms with van der Waals surface area (Å²) in [7, 11) is 1.65. The second-order valence-electron chi connectivity index (χ2n) is 5.78. The van der Waals surface area contributed by atoms with E-state index in [2.05, 4.69) is 33.0 Å². The first-order valence-electron chi connectivity index (χ1n) is 8.39. The van der Waals surface area contributed by atoms with Crippen LogP contribution in [0.2, 0.25) is 0 Å². The molecule has 0 fully saturated rings. The van der Waals surface area contributed by atoms with Crippen LogP contribution in [0.25, 0.3) is 11.4 Å². The molecule has 1 atom stereocenters. The third-order valence-corrected chi connectivity index (χ3v) is 4.97. The molecule has 0 amide bonds. The molecule has 3 aromatic rings. The zero-order valence-electron chi connectivity index (χ0n) is 14.8. The van der Waals surface area contributed by atoms with Crippen LogP contribution in [0.1, 0.15) is 12.5 Å². The summed E-state index contributed by atoms with van der Waals surface area (Å²) in [5, 5.41) is 18.4. The molecule has 0 aliphatic carbocycles. The number of rotatable bonds is 7. The molecule has 1 aromatic heterocycles. The first-order chi connectivity index (χ1) is 12.7. The summed E-state index contributed by atoms with van der Waals surface area (Å²) in [4.78, 5) is 0. The van der Waals surface area contributed by atoms with Gasteiger partial charge in [-0.1, -0.05) is 54.2 Å². The Balaban J connectivity index is 1.97. The summed E-state index contributed by atoms with van der Waals surface area (Å²) in [6.45, 7) is 2.59. The predicted octanol–water partition coefficient (Wildman–Crippen LogP) is 4.20. The zero-order valence-corrected chi connectivity index (χ0v) is 15.6. The first-order valence-corrected chi connectivity index (χ1v) is 9.27. The highest BCUT2D eigenvalue weighted by Crippen LogP contribution is 2.32. The van der Waals surface area contributed by atoms with E-state index >= 15 is 0 Å². The topological polar surface area (TPSA) is 63.7 Å². The molecule has 2 aromatic carbocycles. The quantitative estimate of drug-likeness (QED) is 0.588. The van der Waals surface area contributed by atoms with Crippen LogP contribution < -0.4 is 4.74 Å². The van der Waals surface area contributed by atoms with Gasteiger partial charge in [-0.15, -0.1) is 10.2 Å². The Morgan fingerprint density at radius 2 is 1.85 bits per heavy atom. The molecule has 0 aliphatic heterocycles. The van der Waals surface area contributed by atoms with E-state index < -0.39 is 0 Å². The molecule has 6 heteroatoms. The number of nitrogens with zero attached hydrogens (tertiary/aromatic N) is 4. The van der Waals surface area contributed by atoms with Gasteiger partial charge in [0.05, 0.1) is 24.0 Å². The Hall–Kier alpha value is -2.78. The summed E-state index contributed by atoms with van der Waals surface area (Å²) in [6, 6.07) is 20.3. The van der Waals surface area contributed by atoms with Gasteiger partial charge in [0.25, 0.3) is 0 Å². The third kappa shape index (κ3) is 4.06. The minimum Gasteiger partial charge on any atom is -0.496 e. The summed E-state index contributed by atoms with van der Waals surface area (Å²) in [5.74, 6) is 1.51. The smallest absolute Gasteiger partial charge is 0.192 e. The molecule has 0 aliphatic rings. The molecule has 0 bridgehead atoms. The van der Waals surface area contributed by atoms with Crippen molar-refractivity contribution in [2.45, 2.75) is 30.3 Å². The van der Waals surface area contributed by atoms with Crippen molar-refractivity contribution >= 4 is 11.8 Å². The van der Waals surface area contributed by atoms with Crippen molar-refractivity contribution in [1.82, 2.24) is 14.8 Å². The number of para-hydroxylation sites is 1. The lowest BCUT2D eigenvalue weighted by Crippen LogP contribution is -2.07. The maximum atomic E-state index is 9.15. The number of benzene rings is 2. The summed E-state index contributed by atoms with van der Waals surface area (Å²) < 4.78 is 7.56. The Labute approximate surface area is 157 Å². The number of hydrogen-bond donors (Lipinski definition) is 0. The van der Waals surface area contributed by atoms with E-state index in [9.17, 15) is 0 Å². The van der Waals surface area contributed by atoms with E-state index in [0.717, 1.165) is 35.3 Å². The average Bonchev–Trinajstić information content (AvgIpc) is 3.09. The van der Waals surface area contributed by atoms with Crippen molar-refractivity contribution in [3.05, 3.63) is 60.2 Å². The Kier molecular flexibility index (Phi) is 5.92. The lowest BCUT2D eigenvalue weighted by Gasteiger charge is -2.13. The Bertz CT molecular complexity index is 902. The molecule has 3 rings (SSSR count). The minimum atomic E-state index is -0.194. The molecular formula is C20H20N4OS. The van der Waals surface area contributed by atoms with Crippen molar-refractivity contribution in [3.8, 4) is 23.2 Å². The van der Waals surface area contributed by atoms with E-state index in [1.807, 2.05) is 49.4 Å². The number of aryl methyl sites for hydroxylation is 1. The van der Waals surface area contributed by atoms with Crippen LogP contribution in [0.5, 0.6) is 5.75 Å². The van der Waals surface area contributed by atoms with Crippen LogP contribution in [0.3, 0.4) is 0 Å². The van der Waals surface area contributed by atoms with Gasteiger partial charge in [0.1, 0.15) is 5.75 Å². The van der Waals surface area contributed by atoms with Crippen molar-refractivity contribution in [2.24, 2.45) is 0 Å². The van der Waals surface area contributed by atoms with E-state index in [-0.39, 0.29) is 5.25 Å². The third-order valence-electron chi connectivity index (χ3n) is 4.00. The molecule has 0 N–H and O–H groups in total. The fourth-order valence-corrected chi connectivity index (χ4v) is 3.44. The van der Waals surface area contributed by atoms with E-state index in [0.29, 0.717) is 0 Å². The van der Waals surface area contributed by atoms with Gasteiger partial charge < -0.3 is 9.30 Å². The van der Waals surface area contributed by atoms with Crippen LogP contribution in [0, 0.1) is 11.3 Å². The number of nitriles is 1. The van der Waals surface area contributed by atoms with Crippen molar-refractivity contribution < 1.29 is 4.74 Å². The second-order valence-corrected chi connectivity index (χ2v) is 7.09. The predicted molar refractivity (Wildman–Crippen MR) is 103 cm³/mol. The molecule has 0 saturated carbocycles. The molecule has 0 saturated heterocycles. The molecule has 0 spiro atoms. The van der Waals surface area contributed by atoms with Crippen LogP contribution in [0.4, 0.5) is 0 Å². The van der Waals surface area contributed by atoms with Crippen LogP contribution in [0.15, 0.2) is 59.8 Å². The highest BCUT2D eigenvalue weighted by Gasteiger charge is 2.19. The van der Waals surface area contributed by atoms with E-state index in [1.165, 1.54) is 17.3 Å². The van der Waals surface area contributed by atoms with Crippen LogP contribution in [-0.2, 0) is 13.0 Å². The molecular weight excluding hydrogens is 344 g/mol. The molecule has 26 heavy (non-hydrogen) atoms. The van der Waals surface area contributed by atoms with Gasteiger partial charge in [-0.25, -0.2) is 0 Å². The number of thioether (sulfide) groups is 1. The van der Waals surface area contributed by atoms with E-state index in [1.54, 1.807) is 7.11 Å². The first kappa shape index (κ1) is 18.0. The van der Waals surface area contributed by atoms with Gasteiger partial charge in [-0.2, -0.15) is 5.26 Å². The zero-order chi connectivity index (χ0) is 18.4. The van der Waals surface area contributed by atoms with Gasteiger partial charge in [-0.05, 0) is 31.0 Å². The van der Waals surface area contributed by atoms with Gasteiger partial charge in [0, 0.05) is 6.54 Å². The maximum absolute atomic E-state index is 9.15. The molecule has 1 heterocycles. The number of hydrogen-bond acceptors (Lipinski definition) is 5. The van der Waals surface area contributed by atoms with Gasteiger partial charge in [0.2, 0.25) is 0 Å². The molecule has 5 nitrogen and oxygen atoms in total. The fourth-order valence-electron chi connectivity index (χ4n) is 2.68. The molecule has 132 valence electrons. The lowest BCUT2D eigenvalue weighted by atomic mass is 10.1. The minimum absolute atomic E-state index is 0.194. The van der Waals surface area contributed by atoms with Crippen molar-refractivity contribution in [1.29, 1.82) is 5.26 Å². The van der Waals surface area contributed by atoms with Gasteiger partial charge in [-0.3, -0.25) is 0 Å². The van der Waals surface area contributed by atoms with Crippen LogP contribution >= 0.6 is 11.8 Å². The summed E-state index contributed by atoms with van der Waals surface area (Å²) >= 11 is 1.42. The molecule has 0 unspecified atom stereocenters. The monoisotopic (exact) mass is 364 g/mol. The maximum Gasteiger partial charge on any atom is 0.192 e. The summed E-state index contributed by atoms with van der Waals surface area (Å²) in [6.07, 6.45) is 0.857. The number of ether oxygens (including phenoxy) is 1. The van der Waals surface area contributed by atoms with Crippen molar-refractivity contribution in [2.75, 3.05) is 7.11 Å². The van der Waals surface area contributed by atoms with Gasteiger partial charge in [0.15, 0.2) is 11.0 Å². The fraction of sp³-hybridized carbons (Fsp3) is 0.250. The second kappa shape index (κ2) is 8.54. The normalized spacial score (nSPS) is 11.7. The molecule has 0 radical (unpaired) electrons. The number of aromatic nitrogens is 3. The average molecular weight is 364 g/mol. The summed E-state index contributed by atoms with van der Waals surface area (Å²) in [5.41, 5.74) is 2.14. The van der Waals surface area contributed by atoms with E-state index in [4.69, 9.17) is 10.00 Å². The highest BCUT2D eigenvalue weighted by molar-refractivity contribution is 8.00. The highest BCUT2D eigenvalue weighted by atomic mass is 32.2.